The quantitative estimate of drug-likeness (QED) is 0.158. The highest BCUT2D eigenvalue weighted by Crippen LogP contribution is 2.49. The summed E-state index contributed by atoms with van der Waals surface area (Å²) in [6.07, 6.45) is 6.02. The number of anilines is 1. The van der Waals surface area contributed by atoms with Crippen molar-refractivity contribution in [2.75, 3.05) is 5.73 Å². The van der Waals surface area contributed by atoms with Crippen molar-refractivity contribution in [3.8, 4) is 11.5 Å². The summed E-state index contributed by atoms with van der Waals surface area (Å²) in [6.45, 7) is 3.52. The monoisotopic (exact) mass is 596 g/mol. The fourth-order valence-electron chi connectivity index (χ4n) is 6.06. The van der Waals surface area contributed by atoms with E-state index in [0.717, 1.165) is 19.3 Å². The molecular weight excluding hydrogens is 564 g/mol. The zero-order valence-corrected chi connectivity index (χ0v) is 24.2. The molecule has 0 radical (unpaired) electrons. The van der Waals surface area contributed by atoms with Crippen molar-refractivity contribution in [3.63, 3.8) is 0 Å². The van der Waals surface area contributed by atoms with E-state index in [1.54, 1.807) is 24.3 Å². The normalized spacial score (nSPS) is 23.0. The molecule has 2 unspecified atom stereocenters. The van der Waals surface area contributed by atoms with E-state index in [1.807, 2.05) is 30.3 Å². The van der Waals surface area contributed by atoms with Crippen molar-refractivity contribution < 1.29 is 19.1 Å². The standard InChI is InChI=1S/C32H32N6O4S/c1-2-24(39)37-21-10-6-7-11-22(21)38-31(41)29-26-25-19(13-14-20(33)28(25)43-29)32(35,30(40)27(26)34)23-15-12-18(16-36-23)42-17-8-4-3-5-9-17/h2-5,8-9,12-16,21-22,27H,1,6-7,10-11,33-35H2,(H,37,39)(H,38,41)/t21-,22-,27?,32?/m1/s1. The Morgan fingerprint density at radius 1 is 1.02 bits per heavy atom. The Balaban J connectivity index is 1.37. The van der Waals surface area contributed by atoms with Gasteiger partial charge in [0.2, 0.25) is 5.91 Å². The molecule has 2 heterocycles. The predicted molar refractivity (Wildman–Crippen MR) is 166 cm³/mol. The lowest BCUT2D eigenvalue weighted by Gasteiger charge is -2.36. The summed E-state index contributed by atoms with van der Waals surface area (Å²) >= 11 is 1.18. The molecule has 0 bridgehead atoms. The lowest BCUT2D eigenvalue weighted by molar-refractivity contribution is -0.124. The van der Waals surface area contributed by atoms with Crippen LogP contribution in [0.4, 0.5) is 5.69 Å². The number of hydrogen-bond acceptors (Lipinski definition) is 9. The number of thiophene rings is 1. The smallest absolute Gasteiger partial charge is 0.262 e. The van der Waals surface area contributed by atoms with Crippen LogP contribution >= 0.6 is 11.3 Å². The van der Waals surface area contributed by atoms with Crippen molar-refractivity contribution in [1.82, 2.24) is 15.6 Å². The third-order valence-corrected chi connectivity index (χ3v) is 9.49. The van der Waals surface area contributed by atoms with E-state index in [-0.39, 0.29) is 23.9 Å². The Kier molecular flexibility index (Phi) is 7.47. The SMILES string of the molecule is C=CC(=O)N[C@@H]1CCCC[C@H]1NC(=O)c1sc2c(N)ccc3c2c1C(N)C(=O)C3(N)c1ccc(Oc2ccccc2)cn1. The second-order valence-electron chi connectivity index (χ2n) is 10.9. The molecule has 0 spiro atoms. The number of nitrogens with two attached hydrogens (primary N) is 3. The number of nitrogen functional groups attached to an aromatic ring is 1. The number of nitrogens with one attached hydrogen (secondary N) is 2. The van der Waals surface area contributed by atoms with Crippen LogP contribution in [0.5, 0.6) is 11.5 Å². The Morgan fingerprint density at radius 3 is 2.42 bits per heavy atom. The highest BCUT2D eigenvalue weighted by molar-refractivity contribution is 7.21. The summed E-state index contributed by atoms with van der Waals surface area (Å²) < 4.78 is 6.48. The molecule has 0 saturated heterocycles. The van der Waals surface area contributed by atoms with Crippen LogP contribution in [0.25, 0.3) is 10.1 Å². The topological polar surface area (TPSA) is 175 Å². The van der Waals surface area contributed by atoms with Crippen molar-refractivity contribution in [2.45, 2.75) is 49.3 Å². The van der Waals surface area contributed by atoms with Crippen LogP contribution in [0.15, 0.2) is 73.4 Å². The maximum Gasteiger partial charge on any atom is 0.262 e. The molecule has 8 N–H and O–H groups in total. The Bertz CT molecular complexity index is 1740. The third-order valence-electron chi connectivity index (χ3n) is 8.23. The maximum atomic E-state index is 14.0. The van der Waals surface area contributed by atoms with Gasteiger partial charge in [-0.1, -0.05) is 43.7 Å². The number of pyridine rings is 1. The molecule has 2 aromatic carbocycles. The van der Waals surface area contributed by atoms with Gasteiger partial charge in [-0.25, -0.2) is 0 Å². The van der Waals surface area contributed by atoms with Crippen LogP contribution in [0.1, 0.15) is 58.2 Å². The van der Waals surface area contributed by atoms with Gasteiger partial charge in [-0.2, -0.15) is 0 Å². The van der Waals surface area contributed by atoms with E-state index in [0.29, 0.717) is 55.4 Å². The molecule has 10 nitrogen and oxygen atoms in total. The average molecular weight is 597 g/mol. The number of amides is 2. The second kappa shape index (κ2) is 11.3. The van der Waals surface area contributed by atoms with E-state index in [4.69, 9.17) is 21.9 Å². The number of rotatable bonds is 7. The zero-order chi connectivity index (χ0) is 30.3. The number of aromatic nitrogens is 1. The van der Waals surface area contributed by atoms with Gasteiger partial charge >= 0.3 is 0 Å². The molecule has 6 rings (SSSR count). The Hall–Kier alpha value is -4.58. The van der Waals surface area contributed by atoms with Gasteiger partial charge in [0.15, 0.2) is 5.78 Å². The molecule has 220 valence electrons. The maximum absolute atomic E-state index is 14.0. The molecule has 2 aliphatic carbocycles. The van der Waals surface area contributed by atoms with Crippen molar-refractivity contribution in [2.24, 2.45) is 11.5 Å². The van der Waals surface area contributed by atoms with E-state index in [9.17, 15) is 14.4 Å². The highest BCUT2D eigenvalue weighted by Gasteiger charge is 2.49. The van der Waals surface area contributed by atoms with E-state index in [1.165, 1.54) is 23.6 Å². The van der Waals surface area contributed by atoms with Crippen molar-refractivity contribution in [1.29, 1.82) is 0 Å². The van der Waals surface area contributed by atoms with Crippen LogP contribution in [0.2, 0.25) is 0 Å². The minimum absolute atomic E-state index is 0.235. The number of ketones is 1. The molecule has 1 fully saturated rings. The van der Waals surface area contributed by atoms with Crippen molar-refractivity contribution in [3.05, 3.63) is 95.1 Å². The number of ether oxygens (including phenoxy) is 1. The Morgan fingerprint density at radius 2 is 1.74 bits per heavy atom. The van der Waals surface area contributed by atoms with Gasteiger partial charge < -0.3 is 32.6 Å². The summed E-state index contributed by atoms with van der Waals surface area (Å²) in [7, 11) is 0. The summed E-state index contributed by atoms with van der Waals surface area (Å²) in [5.74, 6) is -0.0299. The van der Waals surface area contributed by atoms with Gasteiger partial charge in [-0.15, -0.1) is 11.3 Å². The average Bonchev–Trinajstić information content (AvgIpc) is 3.43. The number of Topliss-reactive ketones (excluding diaryl/α,β-unsaturated/α-hetero) is 1. The van der Waals surface area contributed by atoms with Gasteiger partial charge in [0.1, 0.15) is 17.0 Å². The first-order valence-corrected chi connectivity index (χ1v) is 14.9. The summed E-state index contributed by atoms with van der Waals surface area (Å²) in [5, 5.41) is 6.60. The highest BCUT2D eigenvalue weighted by atomic mass is 32.1. The number of benzene rings is 2. The van der Waals surface area contributed by atoms with E-state index in [2.05, 4.69) is 22.2 Å². The third kappa shape index (κ3) is 4.95. The molecule has 2 amide bonds. The Labute approximate surface area is 252 Å². The fraction of sp³-hybridized carbons (Fsp3) is 0.250. The molecule has 43 heavy (non-hydrogen) atoms. The lowest BCUT2D eigenvalue weighted by Crippen LogP contribution is -2.54. The van der Waals surface area contributed by atoms with Gasteiger partial charge in [0.05, 0.1) is 27.5 Å². The van der Waals surface area contributed by atoms with Crippen LogP contribution in [-0.4, -0.2) is 34.7 Å². The van der Waals surface area contributed by atoms with Crippen LogP contribution < -0.4 is 32.6 Å². The van der Waals surface area contributed by atoms with Gasteiger partial charge in [-0.3, -0.25) is 19.4 Å². The zero-order valence-electron chi connectivity index (χ0n) is 23.3. The van der Waals surface area contributed by atoms with Crippen molar-refractivity contribution >= 4 is 44.7 Å². The molecule has 11 heteroatoms. The number of para-hydroxylation sites is 1. The van der Waals surface area contributed by atoms with E-state index >= 15 is 0 Å². The number of hydrogen-bond donors (Lipinski definition) is 5. The van der Waals surface area contributed by atoms with Crippen LogP contribution in [0.3, 0.4) is 0 Å². The minimum Gasteiger partial charge on any atom is -0.456 e. The van der Waals surface area contributed by atoms with Gasteiger partial charge in [-0.05, 0) is 54.8 Å². The fourth-order valence-corrected chi connectivity index (χ4v) is 7.27. The number of nitrogens with zero attached hydrogens (tertiary/aromatic N) is 1. The van der Waals surface area contributed by atoms with E-state index < -0.39 is 17.4 Å². The molecule has 1 saturated carbocycles. The summed E-state index contributed by atoms with van der Waals surface area (Å²) in [6, 6.07) is 14.3. The molecule has 2 aliphatic rings. The minimum atomic E-state index is -1.68. The molecular formula is C32H32N6O4S. The largest absolute Gasteiger partial charge is 0.456 e. The number of carbonyl (C=O) groups excluding carboxylic acids is 3. The lowest BCUT2D eigenvalue weighted by atomic mass is 9.72. The second-order valence-corrected chi connectivity index (χ2v) is 11.9. The first-order valence-electron chi connectivity index (χ1n) is 14.1. The first-order chi connectivity index (χ1) is 20.7. The number of carbonyl (C=O) groups is 3. The summed E-state index contributed by atoms with van der Waals surface area (Å²) in [4.78, 5) is 44.7. The molecule has 4 atom stereocenters. The van der Waals surface area contributed by atoms with Crippen LogP contribution in [-0.2, 0) is 15.1 Å². The molecule has 2 aromatic heterocycles. The van der Waals surface area contributed by atoms with Crippen LogP contribution in [0, 0.1) is 0 Å². The van der Waals surface area contributed by atoms with Gasteiger partial charge in [0, 0.05) is 28.7 Å². The summed E-state index contributed by atoms with van der Waals surface area (Å²) in [5.41, 5.74) is 19.9. The first kappa shape index (κ1) is 28.5. The van der Waals surface area contributed by atoms with Gasteiger partial charge in [0.25, 0.3) is 5.91 Å². The predicted octanol–water partition coefficient (Wildman–Crippen LogP) is 3.80. The molecule has 0 aliphatic heterocycles. The molecule has 4 aromatic rings.